The van der Waals surface area contributed by atoms with E-state index < -0.39 is 11.7 Å². The molecule has 2 N–H and O–H groups in total. The van der Waals surface area contributed by atoms with Gasteiger partial charge < -0.3 is 19.9 Å². The fourth-order valence-corrected chi connectivity index (χ4v) is 4.54. The monoisotopic (exact) mass is 451 g/mol. The zero-order valence-corrected chi connectivity index (χ0v) is 18.4. The topological polar surface area (TPSA) is 60.5 Å². The molecule has 2 aliphatic rings. The van der Waals surface area contributed by atoms with Gasteiger partial charge >= 0.3 is 0 Å². The van der Waals surface area contributed by atoms with Crippen LogP contribution in [0.15, 0.2) is 48.3 Å². The molecule has 3 aromatic rings. The van der Waals surface area contributed by atoms with Gasteiger partial charge in [0.2, 0.25) is 5.91 Å². The zero-order valence-electron chi connectivity index (χ0n) is 18.4. The van der Waals surface area contributed by atoms with Crippen LogP contribution in [0, 0.1) is 17.6 Å². The van der Waals surface area contributed by atoms with Crippen molar-refractivity contribution in [2.75, 3.05) is 19.7 Å². The number of hydrogen-bond acceptors (Lipinski definition) is 3. The predicted octanol–water partition coefficient (Wildman–Crippen LogP) is 4.94. The molecule has 0 saturated heterocycles. The molecule has 1 amide bonds. The van der Waals surface area contributed by atoms with Gasteiger partial charge in [0.15, 0.2) is 11.6 Å². The Morgan fingerprint density at radius 1 is 1.12 bits per heavy atom. The van der Waals surface area contributed by atoms with Gasteiger partial charge in [0.1, 0.15) is 12.4 Å². The van der Waals surface area contributed by atoms with E-state index in [0.717, 1.165) is 43.7 Å². The Hall–Kier alpha value is -3.35. The number of aryl methyl sites for hydroxylation is 1. The number of amides is 1. The van der Waals surface area contributed by atoms with Crippen LogP contribution >= 0.6 is 0 Å². The molecule has 1 fully saturated rings. The summed E-state index contributed by atoms with van der Waals surface area (Å²) in [5.74, 6) is -0.538. The minimum Gasteiger partial charge on any atom is -0.484 e. The van der Waals surface area contributed by atoms with E-state index in [0.29, 0.717) is 16.9 Å². The van der Waals surface area contributed by atoms with Crippen LogP contribution in [-0.2, 0) is 6.54 Å². The molecular weight excluding hydrogens is 424 g/mol. The summed E-state index contributed by atoms with van der Waals surface area (Å²) in [5.41, 5.74) is 8.04. The fraction of sp³-hybridized carbons (Fsp3) is 0.346. The summed E-state index contributed by atoms with van der Waals surface area (Å²) in [6.07, 6.45) is 8.09. The highest BCUT2D eigenvalue weighted by molar-refractivity contribution is 5.98. The number of rotatable bonds is 9. The number of halogens is 2. The van der Waals surface area contributed by atoms with E-state index in [1.165, 1.54) is 31.0 Å². The predicted molar refractivity (Wildman–Crippen MR) is 124 cm³/mol. The van der Waals surface area contributed by atoms with Crippen molar-refractivity contribution >= 4 is 22.9 Å². The lowest BCUT2D eigenvalue weighted by atomic mass is 10.0. The third-order valence-corrected chi connectivity index (χ3v) is 6.51. The van der Waals surface area contributed by atoms with Crippen LogP contribution in [0.2, 0.25) is 0 Å². The van der Waals surface area contributed by atoms with Crippen molar-refractivity contribution in [3.63, 3.8) is 0 Å². The minimum absolute atomic E-state index is 0.0909. The summed E-state index contributed by atoms with van der Waals surface area (Å²) in [7, 11) is 0. The number of benzene rings is 2. The van der Waals surface area contributed by atoms with Gasteiger partial charge in [-0.1, -0.05) is 6.07 Å². The van der Waals surface area contributed by atoms with Gasteiger partial charge in [-0.2, -0.15) is 0 Å². The molecule has 0 spiro atoms. The molecule has 1 saturated carbocycles. The first-order valence-electron chi connectivity index (χ1n) is 11.5. The summed E-state index contributed by atoms with van der Waals surface area (Å²) in [6.45, 7) is 2.82. The number of nitrogens with zero attached hydrogens (tertiary/aromatic N) is 2. The highest BCUT2D eigenvalue weighted by Crippen LogP contribution is 2.35. The molecule has 5 rings (SSSR count). The number of carbonyl (C=O) groups is 1. The van der Waals surface area contributed by atoms with Crippen LogP contribution in [0.25, 0.3) is 17.0 Å². The van der Waals surface area contributed by atoms with Crippen molar-refractivity contribution in [2.24, 2.45) is 11.7 Å². The average molecular weight is 452 g/mol. The van der Waals surface area contributed by atoms with E-state index in [2.05, 4.69) is 9.47 Å². The molecule has 1 aliphatic heterocycles. The molecule has 5 nitrogen and oxygen atoms in total. The summed E-state index contributed by atoms with van der Waals surface area (Å²) >= 11 is 0. The normalized spacial score (nSPS) is 15.2. The van der Waals surface area contributed by atoms with Gasteiger partial charge in [0.05, 0.1) is 16.8 Å². The maximum atomic E-state index is 14.2. The lowest BCUT2D eigenvalue weighted by molar-refractivity contribution is 0.0999. The maximum absolute atomic E-state index is 14.2. The Morgan fingerprint density at radius 3 is 2.76 bits per heavy atom. The van der Waals surface area contributed by atoms with E-state index in [1.54, 1.807) is 6.07 Å². The number of aromatic nitrogens is 1. The quantitative estimate of drug-likeness (QED) is 0.469. The Labute approximate surface area is 191 Å². The average Bonchev–Trinajstić information content (AvgIpc) is 3.53. The summed E-state index contributed by atoms with van der Waals surface area (Å²) in [4.78, 5) is 14.2. The summed E-state index contributed by atoms with van der Waals surface area (Å²) in [5, 5.41) is 0.647. The van der Waals surface area contributed by atoms with Crippen molar-refractivity contribution in [1.29, 1.82) is 0 Å². The van der Waals surface area contributed by atoms with Crippen molar-refractivity contribution in [2.45, 2.75) is 32.2 Å². The van der Waals surface area contributed by atoms with Crippen molar-refractivity contribution in [1.82, 2.24) is 9.47 Å². The zero-order chi connectivity index (χ0) is 22.9. The molecule has 1 aliphatic carbocycles. The van der Waals surface area contributed by atoms with Gasteiger partial charge in [-0.3, -0.25) is 4.79 Å². The van der Waals surface area contributed by atoms with Crippen LogP contribution in [0.5, 0.6) is 5.75 Å². The number of ether oxygens (including phenoxy) is 1. The second-order valence-corrected chi connectivity index (χ2v) is 8.90. The SMILES string of the molecule is NC(=O)c1ccc(F)c2c1C=C(N(CCCCn1ccc3c(F)cccc31)CC1CC1)CO2. The Kier molecular flexibility index (Phi) is 5.79. The molecule has 2 aromatic carbocycles. The highest BCUT2D eigenvalue weighted by Gasteiger charge is 2.28. The number of hydrogen-bond donors (Lipinski definition) is 1. The molecule has 1 aromatic heterocycles. The molecule has 0 unspecified atom stereocenters. The number of nitrogens with two attached hydrogens (primary N) is 1. The molecule has 172 valence electrons. The van der Waals surface area contributed by atoms with Crippen LogP contribution < -0.4 is 10.5 Å². The number of carbonyl (C=O) groups excluding carboxylic acids is 1. The van der Waals surface area contributed by atoms with Crippen LogP contribution in [0.4, 0.5) is 8.78 Å². The molecule has 0 atom stereocenters. The third kappa shape index (κ3) is 4.45. The summed E-state index contributed by atoms with van der Waals surface area (Å²) in [6, 6.07) is 9.61. The summed E-state index contributed by atoms with van der Waals surface area (Å²) < 4.78 is 36.0. The van der Waals surface area contributed by atoms with Gasteiger partial charge in [0, 0.05) is 36.8 Å². The van der Waals surface area contributed by atoms with Gasteiger partial charge in [-0.05, 0) is 68.0 Å². The van der Waals surface area contributed by atoms with Gasteiger partial charge in [-0.25, -0.2) is 8.78 Å². The Morgan fingerprint density at radius 2 is 1.97 bits per heavy atom. The highest BCUT2D eigenvalue weighted by atomic mass is 19.1. The van der Waals surface area contributed by atoms with Gasteiger partial charge in [0.25, 0.3) is 0 Å². The molecule has 0 bridgehead atoms. The van der Waals surface area contributed by atoms with E-state index in [9.17, 15) is 13.6 Å². The maximum Gasteiger partial charge on any atom is 0.249 e. The van der Waals surface area contributed by atoms with Crippen LogP contribution in [-0.4, -0.2) is 35.1 Å². The van der Waals surface area contributed by atoms with Crippen molar-refractivity contribution in [3.8, 4) is 5.75 Å². The molecule has 33 heavy (non-hydrogen) atoms. The molecule has 7 heteroatoms. The van der Waals surface area contributed by atoms with Crippen molar-refractivity contribution in [3.05, 3.63) is 71.1 Å². The van der Waals surface area contributed by atoms with Crippen LogP contribution in [0.1, 0.15) is 41.6 Å². The molecule has 0 radical (unpaired) electrons. The van der Waals surface area contributed by atoms with Gasteiger partial charge in [-0.15, -0.1) is 0 Å². The first-order chi connectivity index (χ1) is 16.0. The van der Waals surface area contributed by atoms with E-state index in [1.807, 2.05) is 24.4 Å². The Balaban J connectivity index is 1.29. The Bertz CT molecular complexity index is 1230. The first-order valence-corrected chi connectivity index (χ1v) is 11.5. The standard InChI is InChI=1S/C26H27F2N3O2/c27-22-4-3-5-24-20(22)10-13-30(24)11-1-2-12-31(15-17-6-7-17)18-14-21-19(26(29)32)8-9-23(28)25(21)33-16-18/h3-5,8-10,13-14,17H,1-2,6-7,11-12,15-16H2,(H2,29,32). The smallest absolute Gasteiger partial charge is 0.249 e. The van der Waals surface area contributed by atoms with E-state index in [-0.39, 0.29) is 23.7 Å². The second kappa shape index (κ2) is 8.89. The van der Waals surface area contributed by atoms with E-state index >= 15 is 0 Å². The molecular formula is C26H27F2N3O2. The van der Waals surface area contributed by atoms with Crippen molar-refractivity contribution < 1.29 is 18.3 Å². The number of unbranched alkanes of at least 4 members (excludes halogenated alkanes) is 1. The van der Waals surface area contributed by atoms with E-state index in [4.69, 9.17) is 10.5 Å². The first kappa shape index (κ1) is 21.5. The van der Waals surface area contributed by atoms with Crippen LogP contribution in [0.3, 0.4) is 0 Å². The molecule has 2 heterocycles. The second-order valence-electron chi connectivity index (χ2n) is 8.90. The largest absolute Gasteiger partial charge is 0.484 e. The minimum atomic E-state index is -0.600. The lowest BCUT2D eigenvalue weighted by Gasteiger charge is -2.31. The third-order valence-electron chi connectivity index (χ3n) is 6.51. The number of primary amides is 1. The number of fused-ring (bicyclic) bond motifs is 2. The lowest BCUT2D eigenvalue weighted by Crippen LogP contribution is -2.31. The fourth-order valence-electron chi connectivity index (χ4n) is 4.54.